The van der Waals surface area contributed by atoms with Crippen LogP contribution >= 0.6 is 0 Å². The fourth-order valence-corrected chi connectivity index (χ4v) is 2.95. The molecule has 26 heavy (non-hydrogen) atoms. The number of carbonyl (C=O) groups is 2. The van der Waals surface area contributed by atoms with Gasteiger partial charge < -0.3 is 15.0 Å². The molecular formula is C18H23N5O3. The van der Waals surface area contributed by atoms with Gasteiger partial charge in [-0.25, -0.2) is 0 Å². The van der Waals surface area contributed by atoms with Crippen LogP contribution in [0.3, 0.4) is 0 Å². The fourth-order valence-electron chi connectivity index (χ4n) is 2.95. The molecule has 0 saturated carbocycles. The van der Waals surface area contributed by atoms with Gasteiger partial charge in [0.05, 0.1) is 6.20 Å². The summed E-state index contributed by atoms with van der Waals surface area (Å²) in [6, 6.07) is 9.29. The number of para-hydroxylation sites is 1. The van der Waals surface area contributed by atoms with E-state index >= 15 is 0 Å². The smallest absolute Gasteiger partial charge is 0.276 e. The molecule has 8 heteroatoms. The molecular weight excluding hydrogens is 334 g/mol. The van der Waals surface area contributed by atoms with E-state index in [0.717, 1.165) is 12.8 Å². The highest BCUT2D eigenvalue weighted by Crippen LogP contribution is 2.18. The first-order valence-corrected chi connectivity index (χ1v) is 8.78. The molecule has 2 aromatic rings. The van der Waals surface area contributed by atoms with Gasteiger partial charge in [0, 0.05) is 19.6 Å². The normalized spacial score (nSPS) is 16.1. The molecule has 1 aliphatic heterocycles. The van der Waals surface area contributed by atoms with E-state index in [-0.39, 0.29) is 11.8 Å². The number of ether oxygens (including phenoxy) is 1. The number of piperidine rings is 1. The Hall–Kier alpha value is -2.90. The number of carbonyl (C=O) groups excluding carboxylic acids is 2. The number of rotatable bonds is 6. The molecule has 1 unspecified atom stereocenters. The lowest BCUT2D eigenvalue weighted by Crippen LogP contribution is -2.43. The number of hydrogen-bond donors (Lipinski definition) is 2. The number of aromatic nitrogens is 3. The molecule has 0 aliphatic carbocycles. The Morgan fingerprint density at radius 2 is 2.04 bits per heavy atom. The summed E-state index contributed by atoms with van der Waals surface area (Å²) in [7, 11) is 0. The van der Waals surface area contributed by atoms with Crippen molar-refractivity contribution in [1.82, 2.24) is 25.6 Å². The average Bonchev–Trinajstić information content (AvgIpc) is 3.21. The van der Waals surface area contributed by atoms with Gasteiger partial charge in [-0.05, 0) is 37.8 Å². The Kier molecular flexibility index (Phi) is 5.83. The maximum absolute atomic E-state index is 12.2. The highest BCUT2D eigenvalue weighted by Gasteiger charge is 2.25. The second-order valence-electron chi connectivity index (χ2n) is 6.41. The summed E-state index contributed by atoms with van der Waals surface area (Å²) in [5.41, 5.74) is 0.337. The predicted octanol–water partition coefficient (Wildman–Crippen LogP) is 1.24. The quantitative estimate of drug-likeness (QED) is 0.810. The summed E-state index contributed by atoms with van der Waals surface area (Å²) in [6.07, 6.45) is 2.57. The van der Waals surface area contributed by atoms with Crippen molar-refractivity contribution in [2.45, 2.75) is 25.9 Å². The van der Waals surface area contributed by atoms with Crippen LogP contribution in [0.2, 0.25) is 0 Å². The highest BCUT2D eigenvalue weighted by molar-refractivity contribution is 5.91. The van der Waals surface area contributed by atoms with Gasteiger partial charge in [-0.1, -0.05) is 18.2 Å². The van der Waals surface area contributed by atoms with Gasteiger partial charge in [0.25, 0.3) is 11.8 Å². The Balaban J connectivity index is 1.39. The lowest BCUT2D eigenvalue weighted by Gasteiger charge is -2.31. The van der Waals surface area contributed by atoms with Crippen LogP contribution in [-0.4, -0.2) is 57.9 Å². The van der Waals surface area contributed by atoms with Crippen LogP contribution in [0, 0.1) is 5.92 Å². The molecule has 1 aliphatic rings. The molecule has 138 valence electrons. The van der Waals surface area contributed by atoms with Crippen molar-refractivity contribution in [3.63, 3.8) is 0 Å². The van der Waals surface area contributed by atoms with Crippen molar-refractivity contribution in [1.29, 1.82) is 0 Å². The van der Waals surface area contributed by atoms with Gasteiger partial charge in [-0.3, -0.25) is 9.59 Å². The molecule has 3 rings (SSSR count). The van der Waals surface area contributed by atoms with E-state index in [1.54, 1.807) is 11.8 Å². The number of amides is 2. The van der Waals surface area contributed by atoms with Gasteiger partial charge in [0.1, 0.15) is 5.75 Å². The second-order valence-corrected chi connectivity index (χ2v) is 6.41. The molecule has 8 nitrogen and oxygen atoms in total. The third-order valence-electron chi connectivity index (χ3n) is 4.53. The third kappa shape index (κ3) is 4.59. The van der Waals surface area contributed by atoms with Gasteiger partial charge in [-0.2, -0.15) is 15.4 Å². The number of nitrogens with zero attached hydrogens (tertiary/aromatic N) is 3. The number of H-pyrrole nitrogens is 1. The molecule has 2 heterocycles. The summed E-state index contributed by atoms with van der Waals surface area (Å²) < 4.78 is 5.63. The van der Waals surface area contributed by atoms with E-state index in [0.29, 0.717) is 37.0 Å². The van der Waals surface area contributed by atoms with E-state index in [1.165, 1.54) is 6.20 Å². The maximum Gasteiger partial charge on any atom is 0.276 e. The number of nitrogens with one attached hydrogen (secondary N) is 2. The minimum atomic E-state index is -0.550. The monoisotopic (exact) mass is 357 g/mol. The van der Waals surface area contributed by atoms with Crippen LogP contribution < -0.4 is 10.1 Å². The van der Waals surface area contributed by atoms with E-state index in [4.69, 9.17) is 4.74 Å². The molecule has 1 aromatic heterocycles. The topological polar surface area (TPSA) is 100 Å². The number of hydrogen-bond acceptors (Lipinski definition) is 5. The maximum atomic E-state index is 12.2. The fraction of sp³-hybridized carbons (Fsp3) is 0.444. The van der Waals surface area contributed by atoms with E-state index in [9.17, 15) is 9.59 Å². The lowest BCUT2D eigenvalue weighted by atomic mass is 9.96. The summed E-state index contributed by atoms with van der Waals surface area (Å²) in [5, 5.41) is 12.9. The predicted molar refractivity (Wildman–Crippen MR) is 94.6 cm³/mol. The van der Waals surface area contributed by atoms with Crippen LogP contribution in [0.1, 0.15) is 30.3 Å². The minimum Gasteiger partial charge on any atom is -0.481 e. The SMILES string of the molecule is CC(Oc1ccccc1)C(=O)NCC1CCN(C(=O)c2cn[nH]n2)CC1. The zero-order valence-corrected chi connectivity index (χ0v) is 14.7. The van der Waals surface area contributed by atoms with Crippen LogP contribution in [0.15, 0.2) is 36.5 Å². The van der Waals surface area contributed by atoms with Crippen molar-refractivity contribution in [3.8, 4) is 5.75 Å². The molecule has 1 saturated heterocycles. The molecule has 0 spiro atoms. The molecule has 0 radical (unpaired) electrons. The van der Waals surface area contributed by atoms with E-state index in [1.807, 2.05) is 30.3 Å². The molecule has 1 fully saturated rings. The van der Waals surface area contributed by atoms with Crippen LogP contribution in [0.5, 0.6) is 5.75 Å². The number of likely N-dealkylation sites (tertiary alicyclic amines) is 1. The average molecular weight is 357 g/mol. The first-order chi connectivity index (χ1) is 12.6. The summed E-state index contributed by atoms with van der Waals surface area (Å²) in [6.45, 7) is 3.64. The Bertz CT molecular complexity index is 712. The molecule has 2 amide bonds. The summed E-state index contributed by atoms with van der Waals surface area (Å²) in [4.78, 5) is 26.2. The first kappa shape index (κ1) is 17.9. The minimum absolute atomic E-state index is 0.105. The number of aromatic amines is 1. The van der Waals surface area contributed by atoms with Crippen molar-refractivity contribution in [2.24, 2.45) is 5.92 Å². The second kappa shape index (κ2) is 8.46. The number of benzene rings is 1. The van der Waals surface area contributed by atoms with Crippen molar-refractivity contribution < 1.29 is 14.3 Å². The Morgan fingerprint density at radius 1 is 1.31 bits per heavy atom. The zero-order chi connectivity index (χ0) is 18.4. The van der Waals surface area contributed by atoms with Crippen molar-refractivity contribution >= 4 is 11.8 Å². The summed E-state index contributed by atoms with van der Waals surface area (Å²) >= 11 is 0. The Labute approximate surface area is 151 Å². The molecule has 1 aromatic carbocycles. The largest absolute Gasteiger partial charge is 0.481 e. The first-order valence-electron chi connectivity index (χ1n) is 8.78. The van der Waals surface area contributed by atoms with E-state index in [2.05, 4.69) is 20.7 Å². The van der Waals surface area contributed by atoms with Gasteiger partial charge in [0.15, 0.2) is 11.8 Å². The highest BCUT2D eigenvalue weighted by atomic mass is 16.5. The van der Waals surface area contributed by atoms with Crippen molar-refractivity contribution in [3.05, 3.63) is 42.2 Å². The third-order valence-corrected chi connectivity index (χ3v) is 4.53. The van der Waals surface area contributed by atoms with Gasteiger partial charge in [-0.15, -0.1) is 0 Å². The molecule has 2 N–H and O–H groups in total. The van der Waals surface area contributed by atoms with Gasteiger partial charge >= 0.3 is 0 Å². The summed E-state index contributed by atoms with van der Waals surface area (Å²) in [5.74, 6) is 0.792. The zero-order valence-electron chi connectivity index (χ0n) is 14.7. The van der Waals surface area contributed by atoms with Crippen LogP contribution in [0.25, 0.3) is 0 Å². The van der Waals surface area contributed by atoms with Crippen LogP contribution in [0.4, 0.5) is 0 Å². The Morgan fingerprint density at radius 3 is 2.69 bits per heavy atom. The van der Waals surface area contributed by atoms with Gasteiger partial charge in [0.2, 0.25) is 0 Å². The van der Waals surface area contributed by atoms with Crippen LogP contribution in [-0.2, 0) is 4.79 Å². The molecule has 1 atom stereocenters. The molecule has 0 bridgehead atoms. The standard InChI is InChI=1S/C18H23N5O3/c1-13(26-15-5-3-2-4-6-15)17(24)19-11-14-7-9-23(10-8-14)18(25)16-12-20-22-21-16/h2-6,12-14H,7-11H2,1H3,(H,19,24)(H,20,21,22). The van der Waals surface area contributed by atoms with E-state index < -0.39 is 6.10 Å². The lowest BCUT2D eigenvalue weighted by molar-refractivity contribution is -0.127. The van der Waals surface area contributed by atoms with Crippen molar-refractivity contribution in [2.75, 3.05) is 19.6 Å².